The molecule has 0 bridgehead atoms. The summed E-state index contributed by atoms with van der Waals surface area (Å²) in [4.78, 5) is 24.5. The van der Waals surface area contributed by atoms with Gasteiger partial charge in [-0.1, -0.05) is 24.0 Å². The van der Waals surface area contributed by atoms with Crippen LogP contribution >= 0.6 is 0 Å². The molecule has 1 heterocycles. The van der Waals surface area contributed by atoms with Crippen LogP contribution in [0.25, 0.3) is 0 Å². The SMILES string of the molecule is N=C(N)c1ccc(C#Cc2ccc3c(c2)CCN(CC(=O)O)C3=O)cc1. The van der Waals surface area contributed by atoms with Gasteiger partial charge in [0.1, 0.15) is 12.4 Å². The highest BCUT2D eigenvalue weighted by Crippen LogP contribution is 2.20. The van der Waals surface area contributed by atoms with Gasteiger partial charge in [-0.25, -0.2) is 0 Å². The highest BCUT2D eigenvalue weighted by Gasteiger charge is 2.25. The lowest BCUT2D eigenvalue weighted by Gasteiger charge is -2.27. The van der Waals surface area contributed by atoms with E-state index in [-0.39, 0.29) is 18.3 Å². The molecule has 0 saturated carbocycles. The third-order valence-electron chi connectivity index (χ3n) is 4.15. The van der Waals surface area contributed by atoms with E-state index in [9.17, 15) is 9.59 Å². The Kier molecular flexibility index (Phi) is 4.72. The number of aliphatic carboxylic acids is 1. The molecule has 0 unspecified atom stereocenters. The number of rotatable bonds is 3. The number of fused-ring (bicyclic) bond motifs is 1. The number of hydrogen-bond acceptors (Lipinski definition) is 3. The van der Waals surface area contributed by atoms with Crippen LogP contribution < -0.4 is 5.73 Å². The summed E-state index contributed by atoms with van der Waals surface area (Å²) in [5.74, 6) is 4.85. The molecule has 1 aliphatic rings. The second-order valence-corrected chi connectivity index (χ2v) is 5.98. The van der Waals surface area contributed by atoms with Crippen LogP contribution in [0.3, 0.4) is 0 Å². The molecule has 1 amide bonds. The normalized spacial score (nSPS) is 12.8. The summed E-state index contributed by atoms with van der Waals surface area (Å²) in [6.07, 6.45) is 0.608. The Balaban J connectivity index is 1.79. The number of carbonyl (C=O) groups excluding carboxylic acids is 1. The Morgan fingerprint density at radius 1 is 1.15 bits per heavy atom. The molecule has 0 aromatic heterocycles. The van der Waals surface area contributed by atoms with Gasteiger partial charge in [-0.05, 0) is 42.3 Å². The fourth-order valence-electron chi connectivity index (χ4n) is 2.81. The Bertz CT molecular complexity index is 953. The van der Waals surface area contributed by atoms with Crippen molar-refractivity contribution in [2.24, 2.45) is 5.73 Å². The number of nitrogens with zero attached hydrogens (tertiary/aromatic N) is 1. The Morgan fingerprint density at radius 3 is 2.46 bits per heavy atom. The van der Waals surface area contributed by atoms with Gasteiger partial charge in [0.25, 0.3) is 5.91 Å². The molecule has 0 atom stereocenters. The van der Waals surface area contributed by atoms with Crippen molar-refractivity contribution in [2.45, 2.75) is 6.42 Å². The number of benzene rings is 2. The maximum Gasteiger partial charge on any atom is 0.323 e. The largest absolute Gasteiger partial charge is 0.480 e. The van der Waals surface area contributed by atoms with Gasteiger partial charge in [-0.3, -0.25) is 15.0 Å². The first-order chi connectivity index (χ1) is 12.4. The summed E-state index contributed by atoms with van der Waals surface area (Å²) in [6, 6.07) is 12.4. The molecule has 0 aliphatic carbocycles. The summed E-state index contributed by atoms with van der Waals surface area (Å²) in [5.41, 5.74) is 9.09. The average Bonchev–Trinajstić information content (AvgIpc) is 2.62. The number of carboxylic acid groups (broad SMARTS) is 1. The molecule has 6 heteroatoms. The van der Waals surface area contributed by atoms with Crippen molar-refractivity contribution in [3.05, 3.63) is 70.3 Å². The fourth-order valence-corrected chi connectivity index (χ4v) is 2.81. The second kappa shape index (κ2) is 7.11. The van der Waals surface area contributed by atoms with Gasteiger partial charge in [0.05, 0.1) is 0 Å². The standard InChI is InChI=1S/C20H17N3O3/c21-19(22)15-6-3-13(4-7-15)1-2-14-5-8-17-16(11-14)9-10-23(20(17)26)12-18(24)25/h3-8,11H,9-10,12H2,(H3,21,22)(H,24,25). The minimum absolute atomic E-state index is 0.0146. The Hall–Kier alpha value is -3.59. The third-order valence-corrected chi connectivity index (χ3v) is 4.15. The lowest BCUT2D eigenvalue weighted by Crippen LogP contribution is -2.40. The molecule has 0 fully saturated rings. The average molecular weight is 347 g/mol. The van der Waals surface area contributed by atoms with Gasteiger partial charge in [-0.15, -0.1) is 0 Å². The summed E-state index contributed by atoms with van der Waals surface area (Å²) >= 11 is 0. The van der Waals surface area contributed by atoms with Gasteiger partial charge in [0.15, 0.2) is 0 Å². The van der Waals surface area contributed by atoms with E-state index in [1.54, 1.807) is 36.4 Å². The monoisotopic (exact) mass is 347 g/mol. The van der Waals surface area contributed by atoms with Gasteiger partial charge < -0.3 is 15.7 Å². The van der Waals surface area contributed by atoms with Crippen LogP contribution in [0.5, 0.6) is 0 Å². The lowest BCUT2D eigenvalue weighted by atomic mass is 9.96. The lowest BCUT2D eigenvalue weighted by molar-refractivity contribution is -0.137. The van der Waals surface area contributed by atoms with Crippen molar-refractivity contribution in [3.8, 4) is 11.8 Å². The van der Waals surface area contributed by atoms with Gasteiger partial charge in [0.2, 0.25) is 0 Å². The van der Waals surface area contributed by atoms with Crippen LogP contribution in [0.4, 0.5) is 0 Å². The maximum atomic E-state index is 12.3. The van der Waals surface area contributed by atoms with Crippen LogP contribution in [0.1, 0.15) is 32.6 Å². The molecule has 130 valence electrons. The first-order valence-corrected chi connectivity index (χ1v) is 8.04. The van der Waals surface area contributed by atoms with Gasteiger partial charge in [-0.2, -0.15) is 0 Å². The smallest absolute Gasteiger partial charge is 0.323 e. The first kappa shape index (κ1) is 17.2. The van der Waals surface area contributed by atoms with E-state index in [2.05, 4.69) is 11.8 Å². The zero-order valence-corrected chi connectivity index (χ0v) is 14.0. The van der Waals surface area contributed by atoms with E-state index in [0.717, 1.165) is 16.7 Å². The van der Waals surface area contributed by atoms with E-state index in [4.69, 9.17) is 16.2 Å². The minimum atomic E-state index is -1.01. The number of amidine groups is 1. The van der Waals surface area contributed by atoms with Gasteiger partial charge >= 0.3 is 5.97 Å². The highest BCUT2D eigenvalue weighted by atomic mass is 16.4. The molecule has 1 aliphatic heterocycles. The quantitative estimate of drug-likeness (QED) is 0.444. The molecule has 0 saturated heterocycles. The predicted octanol–water partition coefficient (Wildman–Crippen LogP) is 1.45. The molecule has 6 nitrogen and oxygen atoms in total. The molecule has 26 heavy (non-hydrogen) atoms. The predicted molar refractivity (Wildman–Crippen MR) is 97.1 cm³/mol. The van der Waals surface area contributed by atoms with Crippen LogP contribution in [0.2, 0.25) is 0 Å². The van der Waals surface area contributed by atoms with E-state index >= 15 is 0 Å². The number of hydrogen-bond donors (Lipinski definition) is 3. The zero-order chi connectivity index (χ0) is 18.7. The maximum absolute atomic E-state index is 12.3. The van der Waals surface area contributed by atoms with Crippen molar-refractivity contribution in [2.75, 3.05) is 13.1 Å². The first-order valence-electron chi connectivity index (χ1n) is 8.04. The number of nitrogen functional groups attached to an aromatic ring is 1. The molecule has 4 N–H and O–H groups in total. The van der Waals surface area contributed by atoms with Crippen LogP contribution in [0.15, 0.2) is 42.5 Å². The number of carboxylic acids is 1. The van der Waals surface area contributed by atoms with E-state index in [0.29, 0.717) is 24.1 Å². The van der Waals surface area contributed by atoms with Crippen molar-refractivity contribution in [1.29, 1.82) is 5.41 Å². The number of carbonyl (C=O) groups is 2. The summed E-state index contributed by atoms with van der Waals surface area (Å²) < 4.78 is 0. The van der Waals surface area contributed by atoms with Crippen molar-refractivity contribution in [3.63, 3.8) is 0 Å². The molecular formula is C20H17N3O3. The van der Waals surface area contributed by atoms with Crippen molar-refractivity contribution >= 4 is 17.7 Å². The van der Waals surface area contributed by atoms with Crippen molar-refractivity contribution < 1.29 is 14.7 Å². The van der Waals surface area contributed by atoms with E-state index < -0.39 is 5.97 Å². The molecule has 2 aromatic rings. The van der Waals surface area contributed by atoms with Gasteiger partial charge in [0, 0.05) is 28.8 Å². The molecular weight excluding hydrogens is 330 g/mol. The number of nitrogens with one attached hydrogen (secondary N) is 1. The highest BCUT2D eigenvalue weighted by molar-refractivity contribution is 5.98. The van der Waals surface area contributed by atoms with E-state index in [1.807, 2.05) is 6.07 Å². The zero-order valence-electron chi connectivity index (χ0n) is 14.0. The van der Waals surface area contributed by atoms with E-state index in [1.165, 1.54) is 4.90 Å². The Morgan fingerprint density at radius 2 is 1.81 bits per heavy atom. The van der Waals surface area contributed by atoms with Crippen molar-refractivity contribution in [1.82, 2.24) is 4.90 Å². The Labute approximate surface area is 150 Å². The molecule has 3 rings (SSSR count). The number of nitrogens with two attached hydrogens (primary N) is 1. The number of amides is 1. The molecule has 0 radical (unpaired) electrons. The summed E-state index contributed by atoms with van der Waals surface area (Å²) in [6.45, 7) is 0.109. The topological polar surface area (TPSA) is 107 Å². The van der Waals surface area contributed by atoms with Crippen LogP contribution in [-0.2, 0) is 11.2 Å². The van der Waals surface area contributed by atoms with Crippen LogP contribution in [-0.4, -0.2) is 40.8 Å². The third kappa shape index (κ3) is 3.73. The fraction of sp³-hybridized carbons (Fsp3) is 0.150. The summed E-state index contributed by atoms with van der Waals surface area (Å²) in [5, 5.41) is 16.2. The van der Waals surface area contributed by atoms with Crippen LogP contribution in [0, 0.1) is 17.3 Å². The summed E-state index contributed by atoms with van der Waals surface area (Å²) in [7, 11) is 0. The molecule has 2 aromatic carbocycles. The minimum Gasteiger partial charge on any atom is -0.480 e. The molecule has 0 spiro atoms. The second-order valence-electron chi connectivity index (χ2n) is 5.98.